The summed E-state index contributed by atoms with van der Waals surface area (Å²) < 4.78 is 62.3. The monoisotopic (exact) mass is 496 g/mol. The highest BCUT2D eigenvalue weighted by atomic mass is 19.2. The first-order valence-electron chi connectivity index (χ1n) is 11.7. The largest absolute Gasteiger partial charge is 0.454 e. The van der Waals surface area contributed by atoms with E-state index < -0.39 is 29.0 Å². The van der Waals surface area contributed by atoms with Gasteiger partial charge in [-0.2, -0.15) is 0 Å². The molecule has 1 heterocycles. The smallest absolute Gasteiger partial charge is 0.189 e. The van der Waals surface area contributed by atoms with Crippen molar-refractivity contribution in [2.75, 3.05) is 0 Å². The number of fused-ring (bicyclic) bond motifs is 1. The van der Waals surface area contributed by atoms with Gasteiger partial charge in [-0.3, -0.25) is 0 Å². The predicted molar refractivity (Wildman–Crippen MR) is 134 cm³/mol. The average molecular weight is 497 g/mol. The molecule has 1 aromatic heterocycles. The number of furan rings is 1. The summed E-state index contributed by atoms with van der Waals surface area (Å²) in [5.41, 5.74) is 2.18. The zero-order valence-corrected chi connectivity index (χ0v) is 21.1. The van der Waals surface area contributed by atoms with E-state index in [-0.39, 0.29) is 22.6 Å². The second kappa shape index (κ2) is 9.19. The van der Waals surface area contributed by atoms with E-state index in [0.29, 0.717) is 16.9 Å². The van der Waals surface area contributed by atoms with Crippen LogP contribution >= 0.6 is 0 Å². The molecule has 36 heavy (non-hydrogen) atoms. The van der Waals surface area contributed by atoms with Gasteiger partial charge in [-0.05, 0) is 29.4 Å². The van der Waals surface area contributed by atoms with E-state index in [2.05, 4.69) is 51.8 Å². The van der Waals surface area contributed by atoms with Gasteiger partial charge in [0.2, 0.25) is 0 Å². The molecule has 0 saturated carbocycles. The first-order chi connectivity index (χ1) is 16.8. The number of hydrogen-bond acceptors (Lipinski definition) is 3. The van der Waals surface area contributed by atoms with Crippen molar-refractivity contribution in [2.24, 2.45) is 21.1 Å². The molecule has 0 saturated heterocycles. The van der Waals surface area contributed by atoms with Gasteiger partial charge < -0.3 is 4.42 Å². The minimum atomic E-state index is -1.62. The summed E-state index contributed by atoms with van der Waals surface area (Å²) in [7, 11) is 0. The summed E-state index contributed by atoms with van der Waals surface area (Å²) in [4.78, 5) is 0. The first-order valence-corrected chi connectivity index (χ1v) is 11.7. The van der Waals surface area contributed by atoms with Gasteiger partial charge in [0.1, 0.15) is 11.3 Å². The van der Waals surface area contributed by atoms with Gasteiger partial charge in [-0.15, -0.1) is 10.2 Å². The van der Waals surface area contributed by atoms with Gasteiger partial charge in [0.15, 0.2) is 34.7 Å². The molecule has 0 aliphatic heterocycles. The number of halogens is 4. The van der Waals surface area contributed by atoms with Crippen molar-refractivity contribution >= 4 is 22.4 Å². The van der Waals surface area contributed by atoms with E-state index in [1.54, 1.807) is 12.1 Å². The maximum absolute atomic E-state index is 14.3. The Kier molecular flexibility index (Phi) is 6.54. The van der Waals surface area contributed by atoms with Crippen LogP contribution in [0.15, 0.2) is 79.9 Å². The third kappa shape index (κ3) is 5.06. The molecular weight excluding hydrogens is 468 g/mol. The van der Waals surface area contributed by atoms with Crippen LogP contribution in [-0.2, 0) is 0 Å². The Hall–Kier alpha value is -3.48. The second-order valence-corrected chi connectivity index (χ2v) is 11.0. The Balaban J connectivity index is 2.01. The summed E-state index contributed by atoms with van der Waals surface area (Å²) in [6.07, 6.45) is 4.69. The summed E-state index contributed by atoms with van der Waals surface area (Å²) in [6, 6.07) is 9.20. The fourth-order valence-corrected chi connectivity index (χ4v) is 3.92. The van der Waals surface area contributed by atoms with Crippen LogP contribution in [0.2, 0.25) is 0 Å². The molecule has 3 aromatic rings. The number of hydrogen-bond donors (Lipinski definition) is 0. The standard InChI is InChI=1S/C29H28F4N2O/c1-28(2,3)18-11-17(12-19(14-18)29(4,5)6)26(23-13-16-9-7-8-10-22(16)36-23)34-35-27-24(32)20(30)15-21(31)25(27)33/h7-13,15H,14H2,1-6H3. The molecule has 188 valence electrons. The first kappa shape index (κ1) is 25.6. The molecule has 0 unspecified atom stereocenters. The van der Waals surface area contributed by atoms with Crippen LogP contribution in [0.1, 0.15) is 53.7 Å². The molecule has 0 spiro atoms. The molecule has 0 amide bonds. The minimum Gasteiger partial charge on any atom is -0.454 e. The van der Waals surface area contributed by atoms with Gasteiger partial charge in [-0.25, -0.2) is 17.6 Å². The maximum Gasteiger partial charge on any atom is 0.189 e. The van der Waals surface area contributed by atoms with Gasteiger partial charge in [-0.1, -0.05) is 83.0 Å². The molecule has 0 radical (unpaired) electrons. The lowest BCUT2D eigenvalue weighted by Crippen LogP contribution is -2.19. The lowest BCUT2D eigenvalue weighted by molar-refractivity contribution is 0.446. The molecule has 0 atom stereocenters. The molecule has 1 aliphatic rings. The van der Waals surface area contributed by atoms with Crippen LogP contribution in [0.25, 0.3) is 16.7 Å². The number of rotatable bonds is 3. The maximum atomic E-state index is 14.3. The number of benzene rings is 2. The van der Waals surface area contributed by atoms with Crippen LogP contribution in [0.4, 0.5) is 23.2 Å². The van der Waals surface area contributed by atoms with Crippen molar-refractivity contribution in [3.8, 4) is 0 Å². The Morgan fingerprint density at radius 3 is 1.89 bits per heavy atom. The molecule has 7 heteroatoms. The molecule has 0 N–H and O–H groups in total. The van der Waals surface area contributed by atoms with Crippen LogP contribution < -0.4 is 0 Å². The van der Waals surface area contributed by atoms with Crippen LogP contribution in [0.3, 0.4) is 0 Å². The van der Waals surface area contributed by atoms with Crippen molar-refractivity contribution in [2.45, 2.75) is 48.0 Å². The molecule has 1 aliphatic carbocycles. The molecule has 0 fully saturated rings. The highest BCUT2D eigenvalue weighted by Gasteiger charge is 2.28. The van der Waals surface area contributed by atoms with E-state index in [1.807, 2.05) is 30.4 Å². The highest BCUT2D eigenvalue weighted by Crippen LogP contribution is 2.43. The average Bonchev–Trinajstić information content (AvgIpc) is 3.22. The van der Waals surface area contributed by atoms with E-state index in [1.165, 1.54) is 0 Å². The van der Waals surface area contributed by atoms with Crippen molar-refractivity contribution in [3.05, 3.63) is 94.3 Å². The van der Waals surface area contributed by atoms with Crippen molar-refractivity contribution in [1.82, 2.24) is 0 Å². The van der Waals surface area contributed by atoms with Crippen molar-refractivity contribution in [1.29, 1.82) is 0 Å². The molecule has 4 rings (SSSR count). The number of allylic oxidation sites excluding steroid dienone is 5. The van der Waals surface area contributed by atoms with E-state index in [4.69, 9.17) is 4.42 Å². The number of nitrogens with zero attached hydrogens (tertiary/aromatic N) is 2. The third-order valence-electron chi connectivity index (χ3n) is 6.24. The summed E-state index contributed by atoms with van der Waals surface area (Å²) in [5, 5.41) is 8.57. The fourth-order valence-electron chi connectivity index (χ4n) is 3.92. The molecular formula is C29H28F4N2O. The van der Waals surface area contributed by atoms with Gasteiger partial charge in [0.25, 0.3) is 0 Å². The number of para-hydroxylation sites is 1. The van der Waals surface area contributed by atoms with Gasteiger partial charge in [0.05, 0.1) is 0 Å². The Labute approximate surface area is 207 Å². The molecule has 0 bridgehead atoms. The SMILES string of the molecule is CC(C)(C)C1=CC(=C(N=Nc2c(F)c(F)cc(F)c2F)c2cc3ccccc3o2)C=C(C(C)(C)C)C1. The summed E-state index contributed by atoms with van der Waals surface area (Å²) >= 11 is 0. The fraction of sp³-hybridized carbons (Fsp3) is 0.310. The lowest BCUT2D eigenvalue weighted by Gasteiger charge is -2.33. The predicted octanol–water partition coefficient (Wildman–Crippen LogP) is 9.83. The Morgan fingerprint density at radius 2 is 1.36 bits per heavy atom. The van der Waals surface area contributed by atoms with Crippen LogP contribution in [0, 0.1) is 34.1 Å². The van der Waals surface area contributed by atoms with Crippen LogP contribution in [0.5, 0.6) is 0 Å². The third-order valence-corrected chi connectivity index (χ3v) is 6.24. The second-order valence-electron chi connectivity index (χ2n) is 11.0. The topological polar surface area (TPSA) is 37.9 Å². The van der Waals surface area contributed by atoms with E-state index in [0.717, 1.165) is 23.0 Å². The minimum absolute atomic E-state index is 0.139. The van der Waals surface area contributed by atoms with Crippen molar-refractivity contribution < 1.29 is 22.0 Å². The summed E-state index contributed by atoms with van der Waals surface area (Å²) in [6.45, 7) is 12.6. The lowest BCUT2D eigenvalue weighted by atomic mass is 9.72. The molecule has 2 aromatic carbocycles. The zero-order valence-electron chi connectivity index (χ0n) is 21.1. The van der Waals surface area contributed by atoms with Gasteiger partial charge in [0, 0.05) is 17.0 Å². The number of azo groups is 1. The Bertz CT molecular complexity index is 1370. The summed E-state index contributed by atoms with van der Waals surface area (Å²) in [5.74, 6) is -6.03. The van der Waals surface area contributed by atoms with E-state index >= 15 is 0 Å². The van der Waals surface area contributed by atoms with Gasteiger partial charge >= 0.3 is 0 Å². The van der Waals surface area contributed by atoms with Crippen molar-refractivity contribution in [3.63, 3.8) is 0 Å². The Morgan fingerprint density at radius 1 is 0.806 bits per heavy atom. The zero-order chi connectivity index (χ0) is 26.4. The highest BCUT2D eigenvalue weighted by molar-refractivity contribution is 5.83. The quantitative estimate of drug-likeness (QED) is 0.202. The van der Waals surface area contributed by atoms with E-state index in [9.17, 15) is 17.6 Å². The normalized spacial score (nSPS) is 15.0. The molecule has 3 nitrogen and oxygen atoms in total. The van der Waals surface area contributed by atoms with Crippen LogP contribution in [-0.4, -0.2) is 0 Å².